The Morgan fingerprint density at radius 2 is 1.71 bits per heavy atom. The van der Waals surface area contributed by atoms with Crippen LogP contribution in [0.2, 0.25) is 0 Å². The van der Waals surface area contributed by atoms with Crippen molar-refractivity contribution in [1.29, 1.82) is 0 Å². The summed E-state index contributed by atoms with van der Waals surface area (Å²) in [7, 11) is -0.232. The van der Waals surface area contributed by atoms with Crippen LogP contribution in [0.15, 0.2) is 47.4 Å². The monoisotopic (exact) mass is 309 g/mol. The van der Waals surface area contributed by atoms with Crippen LogP contribution in [0.1, 0.15) is 0 Å². The van der Waals surface area contributed by atoms with Crippen LogP contribution in [0.4, 0.5) is 21.5 Å². The molecule has 112 valence electrons. The minimum atomic E-state index is -3.99. The van der Waals surface area contributed by atoms with E-state index in [2.05, 4.69) is 4.72 Å². The average molecular weight is 309 g/mol. The van der Waals surface area contributed by atoms with Gasteiger partial charge < -0.3 is 10.6 Å². The predicted octanol–water partition coefficient (Wildman–Crippen LogP) is 2.27. The van der Waals surface area contributed by atoms with Gasteiger partial charge in [0.1, 0.15) is 10.7 Å². The first-order valence-corrected chi connectivity index (χ1v) is 7.63. The van der Waals surface area contributed by atoms with Crippen LogP contribution in [0.3, 0.4) is 0 Å². The van der Waals surface area contributed by atoms with Crippen LogP contribution in [0, 0.1) is 5.82 Å². The van der Waals surface area contributed by atoms with Gasteiger partial charge in [0, 0.05) is 31.2 Å². The van der Waals surface area contributed by atoms with Crippen molar-refractivity contribution in [2.24, 2.45) is 0 Å². The normalized spacial score (nSPS) is 11.2. The van der Waals surface area contributed by atoms with Crippen LogP contribution in [0.5, 0.6) is 0 Å². The van der Waals surface area contributed by atoms with Gasteiger partial charge in [-0.2, -0.15) is 0 Å². The highest BCUT2D eigenvalue weighted by molar-refractivity contribution is 7.92. The number of rotatable bonds is 4. The van der Waals surface area contributed by atoms with E-state index in [-0.39, 0.29) is 5.69 Å². The molecule has 0 aliphatic rings. The molecule has 21 heavy (non-hydrogen) atoms. The van der Waals surface area contributed by atoms with E-state index in [1.165, 1.54) is 6.07 Å². The van der Waals surface area contributed by atoms with Gasteiger partial charge in [0.05, 0.1) is 0 Å². The molecule has 0 bridgehead atoms. The highest BCUT2D eigenvalue weighted by Crippen LogP contribution is 2.22. The van der Waals surface area contributed by atoms with Gasteiger partial charge in [-0.25, -0.2) is 12.8 Å². The zero-order valence-corrected chi connectivity index (χ0v) is 12.5. The topological polar surface area (TPSA) is 75.4 Å². The van der Waals surface area contributed by atoms with Gasteiger partial charge in [0.25, 0.3) is 10.0 Å². The van der Waals surface area contributed by atoms with E-state index in [1.807, 2.05) is 19.0 Å². The fraction of sp³-hybridized carbons (Fsp3) is 0.143. The average Bonchev–Trinajstić information content (AvgIpc) is 2.38. The molecular formula is C14H16FN3O2S. The Bertz CT molecular complexity index is 743. The quantitative estimate of drug-likeness (QED) is 0.850. The number of halogens is 1. The van der Waals surface area contributed by atoms with Crippen LogP contribution >= 0.6 is 0 Å². The number of nitrogens with one attached hydrogen (secondary N) is 1. The first-order valence-electron chi connectivity index (χ1n) is 6.15. The molecule has 0 radical (unpaired) electrons. The van der Waals surface area contributed by atoms with Crippen molar-refractivity contribution >= 4 is 27.1 Å². The van der Waals surface area contributed by atoms with Gasteiger partial charge in [-0.3, -0.25) is 4.72 Å². The van der Waals surface area contributed by atoms with Crippen molar-refractivity contribution in [3.05, 3.63) is 48.3 Å². The number of nitrogen functional groups attached to an aromatic ring is 1. The zero-order chi connectivity index (χ0) is 15.6. The molecule has 0 unspecified atom stereocenters. The second-order valence-corrected chi connectivity index (χ2v) is 6.39. The molecule has 0 aliphatic carbocycles. The summed E-state index contributed by atoms with van der Waals surface area (Å²) in [5, 5.41) is 0. The Morgan fingerprint density at radius 1 is 1.10 bits per heavy atom. The third kappa shape index (κ3) is 3.43. The lowest BCUT2D eigenvalue weighted by molar-refractivity contribution is 0.571. The number of hydrogen-bond acceptors (Lipinski definition) is 4. The first kappa shape index (κ1) is 15.1. The smallest absolute Gasteiger partial charge is 0.264 e. The molecule has 0 saturated carbocycles. The third-order valence-corrected chi connectivity index (χ3v) is 4.30. The van der Waals surface area contributed by atoms with Crippen LogP contribution in [0.25, 0.3) is 0 Å². The number of benzene rings is 2. The maximum absolute atomic E-state index is 13.7. The van der Waals surface area contributed by atoms with E-state index < -0.39 is 20.7 Å². The molecule has 2 aromatic rings. The van der Waals surface area contributed by atoms with Gasteiger partial charge >= 0.3 is 0 Å². The highest BCUT2D eigenvalue weighted by Gasteiger charge is 2.19. The van der Waals surface area contributed by atoms with Gasteiger partial charge in [-0.05, 0) is 42.5 Å². The molecule has 2 aromatic carbocycles. The molecule has 0 atom stereocenters. The summed E-state index contributed by atoms with van der Waals surface area (Å²) >= 11 is 0. The summed E-state index contributed by atoms with van der Waals surface area (Å²) in [6, 6.07) is 10.2. The Labute approximate surface area is 123 Å². The van der Waals surface area contributed by atoms with Crippen LogP contribution in [-0.4, -0.2) is 22.5 Å². The van der Waals surface area contributed by atoms with Gasteiger partial charge in [0.15, 0.2) is 0 Å². The second kappa shape index (κ2) is 5.61. The predicted molar refractivity (Wildman–Crippen MR) is 82.4 cm³/mol. The van der Waals surface area contributed by atoms with Gasteiger partial charge in [0.2, 0.25) is 0 Å². The van der Waals surface area contributed by atoms with E-state index in [4.69, 9.17) is 5.73 Å². The van der Waals surface area contributed by atoms with E-state index in [0.717, 1.165) is 17.8 Å². The van der Waals surface area contributed by atoms with E-state index in [0.29, 0.717) is 5.69 Å². The Morgan fingerprint density at radius 3 is 2.24 bits per heavy atom. The highest BCUT2D eigenvalue weighted by atomic mass is 32.2. The molecule has 0 aromatic heterocycles. The lowest BCUT2D eigenvalue weighted by Gasteiger charge is -2.13. The van der Waals surface area contributed by atoms with E-state index in [9.17, 15) is 12.8 Å². The first-order chi connectivity index (χ1) is 9.79. The maximum atomic E-state index is 13.7. The minimum Gasteiger partial charge on any atom is -0.399 e. The summed E-state index contributed by atoms with van der Waals surface area (Å²) in [5.41, 5.74) is 6.86. The fourth-order valence-corrected chi connectivity index (χ4v) is 2.89. The lowest BCUT2D eigenvalue weighted by atomic mass is 10.3. The number of nitrogens with two attached hydrogens (primary N) is 1. The fourth-order valence-electron chi connectivity index (χ4n) is 1.77. The van der Waals surface area contributed by atoms with E-state index >= 15 is 0 Å². The molecule has 5 nitrogen and oxygen atoms in total. The van der Waals surface area contributed by atoms with Crippen LogP contribution < -0.4 is 15.4 Å². The Hall–Kier alpha value is -2.28. The van der Waals surface area contributed by atoms with Gasteiger partial charge in [-0.1, -0.05) is 0 Å². The summed E-state index contributed by atoms with van der Waals surface area (Å²) in [4.78, 5) is 1.45. The zero-order valence-electron chi connectivity index (χ0n) is 11.7. The summed E-state index contributed by atoms with van der Waals surface area (Å²) in [5.74, 6) is -0.882. The largest absolute Gasteiger partial charge is 0.399 e. The van der Waals surface area contributed by atoms with Gasteiger partial charge in [-0.15, -0.1) is 0 Å². The molecule has 0 heterocycles. The summed E-state index contributed by atoms with van der Waals surface area (Å²) < 4.78 is 40.3. The molecule has 3 N–H and O–H groups in total. The molecule has 0 spiro atoms. The molecule has 0 saturated heterocycles. The van der Waals surface area contributed by atoms with Crippen molar-refractivity contribution in [2.75, 3.05) is 29.5 Å². The minimum absolute atomic E-state index is 0.168. The number of nitrogens with zero attached hydrogens (tertiary/aromatic N) is 1. The molecule has 2 rings (SSSR count). The summed E-state index contributed by atoms with van der Waals surface area (Å²) in [6.45, 7) is 0. The molecule has 0 fully saturated rings. The van der Waals surface area contributed by atoms with Crippen LogP contribution in [-0.2, 0) is 10.0 Å². The lowest BCUT2D eigenvalue weighted by Crippen LogP contribution is -2.15. The molecular weight excluding hydrogens is 293 g/mol. The SMILES string of the molecule is CN(C)c1ccc(NS(=O)(=O)c2ccc(N)cc2F)cc1. The van der Waals surface area contributed by atoms with Crippen molar-refractivity contribution in [3.8, 4) is 0 Å². The Balaban J connectivity index is 2.28. The number of anilines is 3. The van der Waals surface area contributed by atoms with E-state index in [1.54, 1.807) is 24.3 Å². The molecule has 7 heteroatoms. The molecule has 0 amide bonds. The van der Waals surface area contributed by atoms with Crippen molar-refractivity contribution in [3.63, 3.8) is 0 Å². The van der Waals surface area contributed by atoms with Crippen molar-refractivity contribution in [1.82, 2.24) is 0 Å². The number of hydrogen-bond donors (Lipinski definition) is 2. The third-order valence-electron chi connectivity index (χ3n) is 2.88. The number of sulfonamides is 1. The van der Waals surface area contributed by atoms with Crippen molar-refractivity contribution < 1.29 is 12.8 Å². The maximum Gasteiger partial charge on any atom is 0.264 e. The van der Waals surface area contributed by atoms with Crippen molar-refractivity contribution in [2.45, 2.75) is 4.90 Å². The Kier molecular flexibility index (Phi) is 4.04. The standard InChI is InChI=1S/C14H16FN3O2S/c1-18(2)12-6-4-11(5-7-12)17-21(19,20)14-8-3-10(16)9-13(14)15/h3-9,17H,16H2,1-2H3. The summed E-state index contributed by atoms with van der Waals surface area (Å²) in [6.07, 6.45) is 0. The second-order valence-electron chi connectivity index (χ2n) is 4.74. The molecule has 0 aliphatic heterocycles.